The number of amides is 2. The van der Waals surface area contributed by atoms with Gasteiger partial charge < -0.3 is 19.7 Å². The summed E-state index contributed by atoms with van der Waals surface area (Å²) in [6, 6.07) is 30.3. The number of hydrogen-bond acceptors (Lipinski definition) is 6. The van der Waals surface area contributed by atoms with Crippen molar-refractivity contribution in [3.8, 4) is 11.5 Å². The third kappa shape index (κ3) is 8.45. The molecule has 0 radical (unpaired) electrons. The molecule has 0 heterocycles. The highest BCUT2D eigenvalue weighted by molar-refractivity contribution is 7.92. The second-order valence-electron chi connectivity index (χ2n) is 10.9. The fraction of sp³-hybridized carbons (Fsp3) is 0.278. The molecule has 0 aromatic heterocycles. The molecule has 4 rings (SSSR count). The van der Waals surface area contributed by atoms with E-state index in [1.807, 2.05) is 74.5 Å². The standard InChI is InChI=1S/C36H41N3O6S/c1-5-27(2)37-36(41)33(24-28-14-8-6-9-15-28)38(25-29-16-10-7-11-17-29)35(40)26-39(32-18-12-13-19-34(32)45-4)46(42,43)31-22-20-30(44-3)21-23-31/h6-23,27,33H,5,24-26H2,1-4H3,(H,37,41)/t27-,33+/m1/s1. The Kier molecular flexibility index (Phi) is 11.8. The lowest BCUT2D eigenvalue weighted by Crippen LogP contribution is -2.54. The number of nitrogens with one attached hydrogen (secondary N) is 1. The van der Waals surface area contributed by atoms with Crippen LogP contribution >= 0.6 is 0 Å². The van der Waals surface area contributed by atoms with Crippen LogP contribution in [0.2, 0.25) is 0 Å². The first-order valence-electron chi connectivity index (χ1n) is 15.1. The van der Waals surface area contributed by atoms with Crippen molar-refractivity contribution in [1.29, 1.82) is 0 Å². The van der Waals surface area contributed by atoms with E-state index in [2.05, 4.69) is 5.32 Å². The fourth-order valence-corrected chi connectivity index (χ4v) is 6.42. The summed E-state index contributed by atoms with van der Waals surface area (Å²) < 4.78 is 40.4. The van der Waals surface area contributed by atoms with Crippen LogP contribution in [0.25, 0.3) is 0 Å². The number of rotatable bonds is 15. The van der Waals surface area contributed by atoms with Crippen molar-refractivity contribution in [1.82, 2.24) is 10.2 Å². The van der Waals surface area contributed by atoms with Crippen LogP contribution in [0.5, 0.6) is 11.5 Å². The van der Waals surface area contributed by atoms with E-state index in [0.29, 0.717) is 12.2 Å². The fourth-order valence-electron chi connectivity index (χ4n) is 5.00. The van der Waals surface area contributed by atoms with Crippen molar-refractivity contribution in [2.75, 3.05) is 25.1 Å². The molecule has 10 heteroatoms. The van der Waals surface area contributed by atoms with Crippen LogP contribution in [0.1, 0.15) is 31.4 Å². The Hall–Kier alpha value is -4.83. The topological polar surface area (TPSA) is 105 Å². The van der Waals surface area contributed by atoms with Gasteiger partial charge in [-0.25, -0.2) is 8.42 Å². The molecule has 46 heavy (non-hydrogen) atoms. The lowest BCUT2D eigenvalue weighted by Gasteiger charge is -2.34. The van der Waals surface area contributed by atoms with Gasteiger partial charge in [0.2, 0.25) is 11.8 Å². The Morgan fingerprint density at radius 3 is 1.96 bits per heavy atom. The maximum Gasteiger partial charge on any atom is 0.264 e. The van der Waals surface area contributed by atoms with Crippen LogP contribution in [-0.4, -0.2) is 58.0 Å². The molecule has 4 aromatic rings. The molecule has 0 bridgehead atoms. The lowest BCUT2D eigenvalue weighted by atomic mass is 10.0. The summed E-state index contributed by atoms with van der Waals surface area (Å²) in [4.78, 5) is 29.9. The zero-order valence-corrected chi connectivity index (χ0v) is 27.4. The Balaban J connectivity index is 1.82. The van der Waals surface area contributed by atoms with Crippen LogP contribution in [0, 0.1) is 0 Å². The molecule has 0 saturated carbocycles. The van der Waals surface area contributed by atoms with E-state index >= 15 is 0 Å². The van der Waals surface area contributed by atoms with E-state index < -0.39 is 28.5 Å². The lowest BCUT2D eigenvalue weighted by molar-refractivity contribution is -0.140. The molecule has 0 aliphatic carbocycles. The zero-order valence-electron chi connectivity index (χ0n) is 26.6. The second kappa shape index (κ2) is 15.9. The Labute approximate surface area is 271 Å². The minimum absolute atomic E-state index is 0.0306. The van der Waals surface area contributed by atoms with Crippen LogP contribution in [0.3, 0.4) is 0 Å². The number of anilines is 1. The molecule has 0 saturated heterocycles. The van der Waals surface area contributed by atoms with Crippen molar-refractivity contribution in [3.63, 3.8) is 0 Å². The highest BCUT2D eigenvalue weighted by Crippen LogP contribution is 2.33. The Bertz CT molecular complexity index is 1680. The summed E-state index contributed by atoms with van der Waals surface area (Å²) >= 11 is 0. The maximum atomic E-state index is 14.6. The van der Waals surface area contributed by atoms with E-state index in [4.69, 9.17) is 9.47 Å². The minimum atomic E-state index is -4.29. The predicted octanol–water partition coefficient (Wildman–Crippen LogP) is 5.45. The molecule has 2 atom stereocenters. The number of para-hydroxylation sites is 2. The van der Waals surface area contributed by atoms with Gasteiger partial charge in [0.15, 0.2) is 0 Å². The number of methoxy groups -OCH3 is 2. The first-order chi connectivity index (χ1) is 22.2. The summed E-state index contributed by atoms with van der Waals surface area (Å²) in [5, 5.41) is 3.04. The highest BCUT2D eigenvalue weighted by atomic mass is 32.2. The smallest absolute Gasteiger partial charge is 0.264 e. The van der Waals surface area contributed by atoms with E-state index in [9.17, 15) is 18.0 Å². The third-order valence-corrected chi connectivity index (χ3v) is 9.52. The Morgan fingerprint density at radius 1 is 0.783 bits per heavy atom. The van der Waals surface area contributed by atoms with Gasteiger partial charge in [0.25, 0.3) is 10.0 Å². The average Bonchev–Trinajstić information content (AvgIpc) is 3.09. The van der Waals surface area contributed by atoms with Crippen molar-refractivity contribution < 1.29 is 27.5 Å². The number of benzene rings is 4. The van der Waals surface area contributed by atoms with Gasteiger partial charge in [-0.15, -0.1) is 0 Å². The first-order valence-corrected chi connectivity index (χ1v) is 16.6. The number of sulfonamides is 1. The number of hydrogen-bond donors (Lipinski definition) is 1. The van der Waals surface area contributed by atoms with E-state index in [-0.39, 0.29) is 41.2 Å². The molecule has 0 aliphatic rings. The van der Waals surface area contributed by atoms with Gasteiger partial charge in [-0.05, 0) is 60.9 Å². The molecule has 0 fully saturated rings. The second-order valence-corrected chi connectivity index (χ2v) is 12.8. The van der Waals surface area contributed by atoms with Crippen LogP contribution in [-0.2, 0) is 32.6 Å². The van der Waals surface area contributed by atoms with E-state index in [1.165, 1.54) is 31.3 Å². The van der Waals surface area contributed by atoms with Gasteiger partial charge in [-0.2, -0.15) is 0 Å². The van der Waals surface area contributed by atoms with Gasteiger partial charge in [0, 0.05) is 19.0 Å². The molecular weight excluding hydrogens is 602 g/mol. The molecule has 9 nitrogen and oxygen atoms in total. The molecule has 0 spiro atoms. The summed E-state index contributed by atoms with van der Waals surface area (Å²) in [5.74, 6) is -0.0993. The number of ether oxygens (including phenoxy) is 2. The summed E-state index contributed by atoms with van der Waals surface area (Å²) in [6.45, 7) is 3.39. The summed E-state index contributed by atoms with van der Waals surface area (Å²) in [7, 11) is -1.36. The van der Waals surface area contributed by atoms with Crippen molar-refractivity contribution in [2.45, 2.75) is 50.2 Å². The van der Waals surface area contributed by atoms with Crippen molar-refractivity contribution in [2.24, 2.45) is 0 Å². The molecular formula is C36H41N3O6S. The SMILES string of the molecule is CC[C@@H](C)NC(=O)[C@H](Cc1ccccc1)N(Cc1ccccc1)C(=O)CN(c1ccccc1OC)S(=O)(=O)c1ccc(OC)cc1. The highest BCUT2D eigenvalue weighted by Gasteiger charge is 2.35. The van der Waals surface area contributed by atoms with Crippen molar-refractivity contribution >= 4 is 27.5 Å². The molecule has 4 aromatic carbocycles. The molecule has 2 amide bonds. The summed E-state index contributed by atoms with van der Waals surface area (Å²) in [6.07, 6.45) is 0.944. The van der Waals surface area contributed by atoms with Gasteiger partial charge >= 0.3 is 0 Å². The van der Waals surface area contributed by atoms with Crippen LogP contribution < -0.4 is 19.1 Å². The first kappa shape index (κ1) is 34.1. The summed E-state index contributed by atoms with van der Waals surface area (Å²) in [5.41, 5.74) is 1.86. The number of carbonyl (C=O) groups is 2. The zero-order chi connectivity index (χ0) is 33.1. The van der Waals surface area contributed by atoms with Gasteiger partial charge in [0.1, 0.15) is 24.1 Å². The average molecular weight is 644 g/mol. The van der Waals surface area contributed by atoms with Gasteiger partial charge in [0.05, 0.1) is 24.8 Å². The Morgan fingerprint density at radius 2 is 1.37 bits per heavy atom. The van der Waals surface area contributed by atoms with Crippen LogP contribution in [0.4, 0.5) is 5.69 Å². The predicted molar refractivity (Wildman–Crippen MR) is 179 cm³/mol. The quantitative estimate of drug-likeness (QED) is 0.185. The van der Waals surface area contributed by atoms with E-state index in [0.717, 1.165) is 15.4 Å². The van der Waals surface area contributed by atoms with Crippen LogP contribution in [0.15, 0.2) is 114 Å². The molecule has 1 N–H and O–H groups in total. The molecule has 242 valence electrons. The molecule has 0 aliphatic heterocycles. The van der Waals surface area contributed by atoms with Gasteiger partial charge in [-0.3, -0.25) is 13.9 Å². The monoisotopic (exact) mass is 643 g/mol. The third-order valence-electron chi connectivity index (χ3n) is 7.75. The minimum Gasteiger partial charge on any atom is -0.497 e. The number of carbonyl (C=O) groups excluding carboxylic acids is 2. The normalized spacial score (nSPS) is 12.4. The van der Waals surface area contributed by atoms with Crippen molar-refractivity contribution in [3.05, 3.63) is 120 Å². The molecule has 0 unspecified atom stereocenters. The number of nitrogens with zero attached hydrogens (tertiary/aromatic N) is 2. The van der Waals surface area contributed by atoms with Gasteiger partial charge in [-0.1, -0.05) is 79.7 Å². The largest absolute Gasteiger partial charge is 0.497 e. The maximum absolute atomic E-state index is 14.6. The van der Waals surface area contributed by atoms with E-state index in [1.54, 1.807) is 36.4 Å².